The fraction of sp³-hybridized carbons (Fsp3) is 0.333. The summed E-state index contributed by atoms with van der Waals surface area (Å²) < 4.78 is 6.87. The van der Waals surface area contributed by atoms with Crippen molar-refractivity contribution in [3.05, 3.63) is 63.8 Å². The molecule has 8 nitrogen and oxygen atoms in total. The van der Waals surface area contributed by atoms with Crippen LogP contribution in [0.3, 0.4) is 0 Å². The number of amides is 1. The maximum absolute atomic E-state index is 13.1. The maximum atomic E-state index is 13.1. The minimum absolute atomic E-state index is 0.0342. The van der Waals surface area contributed by atoms with Gasteiger partial charge in [0.15, 0.2) is 5.69 Å². The molecule has 3 aromatic heterocycles. The van der Waals surface area contributed by atoms with Crippen LogP contribution in [0.5, 0.6) is 0 Å². The van der Waals surface area contributed by atoms with Crippen molar-refractivity contribution in [1.29, 1.82) is 0 Å². The van der Waals surface area contributed by atoms with Gasteiger partial charge in [0.1, 0.15) is 5.52 Å². The lowest BCUT2D eigenvalue weighted by molar-refractivity contribution is 0.0923. The normalized spacial score (nSPS) is 16.3. The van der Waals surface area contributed by atoms with Gasteiger partial charge in [0.25, 0.3) is 11.5 Å². The predicted octanol–water partition coefficient (Wildman–Crippen LogP) is 3.19. The lowest BCUT2D eigenvalue weighted by Gasteiger charge is -2.11. The van der Waals surface area contributed by atoms with E-state index in [9.17, 15) is 9.59 Å². The number of fused-ring (bicyclic) bond motifs is 2. The molecule has 32 heavy (non-hydrogen) atoms. The third-order valence-corrected chi connectivity index (χ3v) is 5.97. The monoisotopic (exact) mass is 431 g/mol. The van der Waals surface area contributed by atoms with Crippen LogP contribution in [0.2, 0.25) is 0 Å². The Bertz CT molecular complexity index is 1400. The maximum Gasteiger partial charge on any atom is 0.274 e. The van der Waals surface area contributed by atoms with Crippen LogP contribution in [0.15, 0.2) is 41.5 Å². The number of aromatic amines is 1. The Hall–Kier alpha value is -3.52. The number of aryl methyl sites for hydroxylation is 1. The van der Waals surface area contributed by atoms with E-state index in [0.29, 0.717) is 30.0 Å². The van der Waals surface area contributed by atoms with E-state index in [1.807, 2.05) is 45.0 Å². The Morgan fingerprint density at radius 3 is 2.94 bits per heavy atom. The lowest BCUT2D eigenvalue weighted by atomic mass is 10.0. The second-order valence-corrected chi connectivity index (χ2v) is 8.61. The lowest BCUT2D eigenvalue weighted by Crippen LogP contribution is -2.35. The van der Waals surface area contributed by atoms with Crippen LogP contribution in [-0.4, -0.2) is 44.7 Å². The van der Waals surface area contributed by atoms with Crippen LogP contribution in [0.4, 0.5) is 0 Å². The van der Waals surface area contributed by atoms with Gasteiger partial charge < -0.3 is 15.0 Å². The molecule has 0 spiro atoms. The second-order valence-electron chi connectivity index (χ2n) is 8.61. The standard InChI is InChI=1S/C24H25N5O3/c1-13(2)20-21(23(30)26-16-7-8-32-12-16)28-29-11-19(27-24(31)22(20)29)15-9-17-14(3)5-4-6-18(17)25-10-15/h4-6,9-11,13,16H,7-8,12H2,1-3H3,(H,26,30)(H,27,31). The topological polar surface area (TPSA) is 101 Å². The molecule has 4 aromatic rings. The molecule has 1 fully saturated rings. The zero-order chi connectivity index (χ0) is 22.4. The van der Waals surface area contributed by atoms with Gasteiger partial charge in [0.2, 0.25) is 0 Å². The highest BCUT2D eigenvalue weighted by atomic mass is 16.5. The average molecular weight is 431 g/mol. The first-order valence-electron chi connectivity index (χ1n) is 10.8. The van der Waals surface area contributed by atoms with E-state index in [1.54, 1.807) is 12.4 Å². The molecule has 1 aliphatic rings. The van der Waals surface area contributed by atoms with Crippen molar-refractivity contribution in [2.24, 2.45) is 0 Å². The number of H-pyrrole nitrogens is 1. The molecule has 0 radical (unpaired) electrons. The number of ether oxygens (including phenoxy) is 1. The first-order valence-corrected chi connectivity index (χ1v) is 10.8. The highest BCUT2D eigenvalue weighted by Gasteiger charge is 2.27. The van der Waals surface area contributed by atoms with Gasteiger partial charge in [-0.2, -0.15) is 5.10 Å². The summed E-state index contributed by atoms with van der Waals surface area (Å²) in [5.41, 5.74) is 4.40. The van der Waals surface area contributed by atoms with Crippen LogP contribution in [0, 0.1) is 6.92 Å². The van der Waals surface area contributed by atoms with Crippen LogP contribution in [0.1, 0.15) is 47.8 Å². The summed E-state index contributed by atoms with van der Waals surface area (Å²) in [6.45, 7) is 7.07. The summed E-state index contributed by atoms with van der Waals surface area (Å²) in [7, 11) is 0. The number of nitrogens with zero attached hydrogens (tertiary/aromatic N) is 3. The van der Waals surface area contributed by atoms with Gasteiger partial charge >= 0.3 is 0 Å². The molecule has 1 saturated heterocycles. The van der Waals surface area contributed by atoms with Gasteiger partial charge in [-0.1, -0.05) is 26.0 Å². The molecule has 1 amide bonds. The number of hydrogen-bond donors (Lipinski definition) is 2. The summed E-state index contributed by atoms with van der Waals surface area (Å²) in [6, 6.07) is 7.94. The molecule has 0 aliphatic carbocycles. The Morgan fingerprint density at radius 1 is 1.34 bits per heavy atom. The number of aromatic nitrogens is 4. The molecule has 2 N–H and O–H groups in total. The molecule has 5 rings (SSSR count). The molecule has 164 valence electrons. The van der Waals surface area contributed by atoms with E-state index < -0.39 is 0 Å². The van der Waals surface area contributed by atoms with Crippen molar-refractivity contribution in [1.82, 2.24) is 24.9 Å². The fourth-order valence-corrected chi connectivity index (χ4v) is 4.31. The third-order valence-electron chi connectivity index (χ3n) is 5.97. The third kappa shape index (κ3) is 3.46. The molecular formula is C24H25N5O3. The molecule has 0 saturated carbocycles. The molecular weight excluding hydrogens is 406 g/mol. The van der Waals surface area contributed by atoms with Gasteiger partial charge in [-0.15, -0.1) is 0 Å². The summed E-state index contributed by atoms with van der Waals surface area (Å²) in [6.07, 6.45) is 4.26. The summed E-state index contributed by atoms with van der Waals surface area (Å²) >= 11 is 0. The van der Waals surface area contributed by atoms with Crippen molar-refractivity contribution in [2.75, 3.05) is 13.2 Å². The zero-order valence-electron chi connectivity index (χ0n) is 18.3. The second kappa shape index (κ2) is 7.87. The number of pyridine rings is 1. The largest absolute Gasteiger partial charge is 0.379 e. The first kappa shape index (κ1) is 20.4. The van der Waals surface area contributed by atoms with Crippen molar-refractivity contribution in [2.45, 2.75) is 39.2 Å². The molecule has 1 atom stereocenters. The Morgan fingerprint density at radius 2 is 2.19 bits per heavy atom. The molecule has 1 unspecified atom stereocenters. The van der Waals surface area contributed by atoms with Crippen molar-refractivity contribution in [3.63, 3.8) is 0 Å². The van der Waals surface area contributed by atoms with Gasteiger partial charge in [0.05, 0.1) is 30.1 Å². The van der Waals surface area contributed by atoms with Crippen molar-refractivity contribution in [3.8, 4) is 11.3 Å². The van der Waals surface area contributed by atoms with E-state index in [0.717, 1.165) is 28.5 Å². The summed E-state index contributed by atoms with van der Waals surface area (Å²) in [4.78, 5) is 33.6. The Labute approximate surface area is 184 Å². The van der Waals surface area contributed by atoms with Gasteiger partial charge in [0, 0.05) is 29.3 Å². The highest BCUT2D eigenvalue weighted by Crippen LogP contribution is 2.26. The number of benzene rings is 1. The van der Waals surface area contributed by atoms with Crippen LogP contribution >= 0.6 is 0 Å². The van der Waals surface area contributed by atoms with Gasteiger partial charge in [-0.3, -0.25) is 14.6 Å². The van der Waals surface area contributed by atoms with Crippen molar-refractivity contribution >= 4 is 22.3 Å². The number of rotatable bonds is 4. The molecule has 1 aromatic carbocycles. The highest BCUT2D eigenvalue weighted by molar-refractivity contribution is 5.96. The first-order chi connectivity index (χ1) is 15.4. The minimum Gasteiger partial charge on any atom is -0.379 e. The number of carbonyl (C=O) groups excluding carboxylic acids is 1. The van der Waals surface area contributed by atoms with Crippen LogP contribution in [-0.2, 0) is 4.74 Å². The quantitative estimate of drug-likeness (QED) is 0.517. The van der Waals surface area contributed by atoms with E-state index >= 15 is 0 Å². The average Bonchev–Trinajstić information content (AvgIpc) is 3.41. The Balaban J connectivity index is 1.62. The van der Waals surface area contributed by atoms with E-state index in [2.05, 4.69) is 20.4 Å². The smallest absolute Gasteiger partial charge is 0.274 e. The Kier molecular flexibility index (Phi) is 5.01. The molecule has 1 aliphatic heterocycles. The van der Waals surface area contributed by atoms with Crippen molar-refractivity contribution < 1.29 is 9.53 Å². The minimum atomic E-state index is -0.285. The summed E-state index contributed by atoms with van der Waals surface area (Å²) in [5.74, 6) is -0.332. The number of hydrogen-bond acceptors (Lipinski definition) is 5. The molecule has 0 bridgehead atoms. The fourth-order valence-electron chi connectivity index (χ4n) is 4.31. The van der Waals surface area contributed by atoms with E-state index in [-0.39, 0.29) is 29.1 Å². The van der Waals surface area contributed by atoms with Crippen LogP contribution < -0.4 is 10.9 Å². The van der Waals surface area contributed by atoms with Gasteiger partial charge in [-0.25, -0.2) is 4.52 Å². The van der Waals surface area contributed by atoms with E-state index in [4.69, 9.17) is 4.74 Å². The molecule has 4 heterocycles. The molecule has 8 heteroatoms. The van der Waals surface area contributed by atoms with E-state index in [1.165, 1.54) is 4.52 Å². The van der Waals surface area contributed by atoms with Gasteiger partial charge in [-0.05, 0) is 37.0 Å². The zero-order valence-corrected chi connectivity index (χ0v) is 18.3. The number of carbonyl (C=O) groups is 1. The van der Waals surface area contributed by atoms with Crippen LogP contribution in [0.25, 0.3) is 27.7 Å². The predicted molar refractivity (Wildman–Crippen MR) is 122 cm³/mol. The summed E-state index contributed by atoms with van der Waals surface area (Å²) in [5, 5.41) is 8.53. The SMILES string of the molecule is Cc1cccc2ncc(-c3cn4nc(C(=O)NC5CCOC5)c(C(C)C)c4c(=O)[nH]3)cc12. The number of nitrogens with one attached hydrogen (secondary N) is 2.